The van der Waals surface area contributed by atoms with Crippen molar-refractivity contribution in [1.29, 1.82) is 0 Å². The second kappa shape index (κ2) is 4.98. The largest absolute Gasteiger partial charge is 0.309 e. The van der Waals surface area contributed by atoms with Crippen molar-refractivity contribution in [1.82, 2.24) is 5.32 Å². The van der Waals surface area contributed by atoms with Crippen LogP contribution in [0.1, 0.15) is 26.9 Å². The van der Waals surface area contributed by atoms with E-state index in [4.69, 9.17) is 0 Å². The van der Waals surface area contributed by atoms with Crippen molar-refractivity contribution in [2.75, 3.05) is 7.05 Å². The fraction of sp³-hybridized carbons (Fsp3) is 0.286. The van der Waals surface area contributed by atoms with Crippen LogP contribution in [0.2, 0.25) is 0 Å². The van der Waals surface area contributed by atoms with Crippen LogP contribution in [0.15, 0.2) is 30.3 Å². The topological polar surface area (TPSA) is 12.0 Å². The van der Waals surface area contributed by atoms with Gasteiger partial charge in [0.25, 0.3) is 0 Å². The summed E-state index contributed by atoms with van der Waals surface area (Å²) in [4.78, 5) is 2.49. The normalized spacial score (nSPS) is 12.7. The first-order valence-corrected chi connectivity index (χ1v) is 6.42. The van der Waals surface area contributed by atoms with Gasteiger partial charge < -0.3 is 5.32 Å². The Hall–Kier alpha value is -1.19. The van der Waals surface area contributed by atoms with E-state index in [0.717, 1.165) is 11.1 Å². The van der Waals surface area contributed by atoms with Gasteiger partial charge in [-0.1, -0.05) is 6.07 Å². The van der Waals surface area contributed by atoms with E-state index >= 15 is 0 Å². The van der Waals surface area contributed by atoms with Gasteiger partial charge in [0.1, 0.15) is 5.82 Å². The molecule has 0 fully saturated rings. The molecule has 3 heteroatoms. The highest BCUT2D eigenvalue weighted by Gasteiger charge is 2.14. The maximum atomic E-state index is 13.4. The van der Waals surface area contributed by atoms with Crippen LogP contribution in [0, 0.1) is 19.7 Å². The first kappa shape index (κ1) is 12.3. The standard InChI is InChI=1S/C14H16FNS/c1-9-6-11(8-12(15)7-9)14(16-3)13-5-4-10(2)17-13/h4-8,14,16H,1-3H3. The van der Waals surface area contributed by atoms with Crippen LogP contribution in [0.5, 0.6) is 0 Å². The zero-order valence-corrected chi connectivity index (χ0v) is 11.1. The molecule has 0 aliphatic carbocycles. The second-order valence-electron chi connectivity index (χ2n) is 4.23. The summed E-state index contributed by atoms with van der Waals surface area (Å²) in [6, 6.07) is 9.44. The summed E-state index contributed by atoms with van der Waals surface area (Å²) in [5.74, 6) is -0.173. The van der Waals surface area contributed by atoms with Gasteiger partial charge in [0.05, 0.1) is 6.04 Å². The van der Waals surface area contributed by atoms with Crippen molar-refractivity contribution in [3.63, 3.8) is 0 Å². The highest BCUT2D eigenvalue weighted by Crippen LogP contribution is 2.28. The van der Waals surface area contributed by atoms with E-state index in [2.05, 4.69) is 24.4 Å². The molecule has 1 atom stereocenters. The Morgan fingerprint density at radius 3 is 2.47 bits per heavy atom. The average Bonchev–Trinajstić information content (AvgIpc) is 2.64. The molecule has 1 aromatic carbocycles. The van der Waals surface area contributed by atoms with E-state index in [0.29, 0.717) is 0 Å². The Morgan fingerprint density at radius 2 is 1.94 bits per heavy atom. The van der Waals surface area contributed by atoms with Crippen molar-refractivity contribution in [3.05, 3.63) is 57.0 Å². The third-order valence-electron chi connectivity index (χ3n) is 2.73. The zero-order valence-electron chi connectivity index (χ0n) is 10.3. The molecule has 17 heavy (non-hydrogen) atoms. The minimum atomic E-state index is -0.173. The van der Waals surface area contributed by atoms with Gasteiger partial charge >= 0.3 is 0 Å². The molecule has 1 nitrogen and oxygen atoms in total. The molecular weight excluding hydrogens is 233 g/mol. The van der Waals surface area contributed by atoms with Crippen LogP contribution >= 0.6 is 11.3 Å². The highest BCUT2D eigenvalue weighted by molar-refractivity contribution is 7.12. The van der Waals surface area contributed by atoms with Gasteiger partial charge in [-0.3, -0.25) is 0 Å². The van der Waals surface area contributed by atoms with E-state index < -0.39 is 0 Å². The molecule has 1 heterocycles. The van der Waals surface area contributed by atoms with Crippen LogP contribution < -0.4 is 5.32 Å². The van der Waals surface area contributed by atoms with Crippen LogP contribution in [-0.2, 0) is 0 Å². The Kier molecular flexibility index (Phi) is 3.60. The lowest BCUT2D eigenvalue weighted by Gasteiger charge is -2.15. The maximum absolute atomic E-state index is 13.4. The minimum absolute atomic E-state index is 0.0723. The SMILES string of the molecule is CNC(c1cc(C)cc(F)c1)c1ccc(C)s1. The van der Waals surface area contributed by atoms with Crippen molar-refractivity contribution in [2.24, 2.45) is 0 Å². The van der Waals surface area contributed by atoms with Crippen molar-refractivity contribution in [3.8, 4) is 0 Å². The predicted molar refractivity (Wildman–Crippen MR) is 71.1 cm³/mol. The molecule has 90 valence electrons. The molecule has 0 bridgehead atoms. The molecule has 0 spiro atoms. The number of nitrogens with one attached hydrogen (secondary N) is 1. The number of hydrogen-bond acceptors (Lipinski definition) is 2. The molecule has 0 aliphatic heterocycles. The predicted octanol–water partition coefficient (Wildman–Crippen LogP) is 3.81. The summed E-state index contributed by atoms with van der Waals surface area (Å²) in [7, 11) is 1.90. The van der Waals surface area contributed by atoms with Crippen molar-refractivity contribution in [2.45, 2.75) is 19.9 Å². The van der Waals surface area contributed by atoms with Gasteiger partial charge in [0.15, 0.2) is 0 Å². The van der Waals surface area contributed by atoms with Gasteiger partial charge in [-0.15, -0.1) is 11.3 Å². The summed E-state index contributed by atoms with van der Waals surface area (Å²) in [6.07, 6.45) is 0. The van der Waals surface area contributed by atoms with Gasteiger partial charge in [0, 0.05) is 9.75 Å². The summed E-state index contributed by atoms with van der Waals surface area (Å²) in [5, 5.41) is 3.25. The quantitative estimate of drug-likeness (QED) is 0.872. The number of halogens is 1. The number of rotatable bonds is 3. The molecule has 2 aromatic rings. The summed E-state index contributed by atoms with van der Waals surface area (Å²) in [5.41, 5.74) is 1.93. The molecule has 2 rings (SSSR count). The van der Waals surface area contributed by atoms with E-state index in [1.807, 2.05) is 20.0 Å². The molecule has 0 saturated carbocycles. The fourth-order valence-electron chi connectivity index (χ4n) is 2.01. The Morgan fingerprint density at radius 1 is 1.18 bits per heavy atom. The summed E-state index contributed by atoms with van der Waals surface area (Å²) in [6.45, 7) is 4.00. The number of aryl methyl sites for hydroxylation is 2. The Bertz CT molecular complexity index is 498. The molecule has 0 amide bonds. The van der Waals surface area contributed by atoms with Gasteiger partial charge in [0.2, 0.25) is 0 Å². The van der Waals surface area contributed by atoms with Crippen LogP contribution in [0.3, 0.4) is 0 Å². The monoisotopic (exact) mass is 249 g/mol. The van der Waals surface area contributed by atoms with E-state index in [9.17, 15) is 4.39 Å². The minimum Gasteiger partial charge on any atom is -0.309 e. The molecule has 1 unspecified atom stereocenters. The molecule has 1 N–H and O–H groups in total. The molecule has 0 radical (unpaired) electrons. The third-order valence-corrected chi connectivity index (χ3v) is 3.80. The zero-order chi connectivity index (χ0) is 12.4. The number of hydrogen-bond donors (Lipinski definition) is 1. The number of thiophene rings is 1. The maximum Gasteiger partial charge on any atom is 0.123 e. The van der Waals surface area contributed by atoms with Gasteiger partial charge in [-0.2, -0.15) is 0 Å². The lowest BCUT2D eigenvalue weighted by atomic mass is 10.0. The van der Waals surface area contributed by atoms with E-state index in [1.165, 1.54) is 9.75 Å². The number of benzene rings is 1. The Labute approximate surface area is 105 Å². The first-order valence-electron chi connectivity index (χ1n) is 5.61. The third kappa shape index (κ3) is 2.73. The summed E-state index contributed by atoms with van der Waals surface area (Å²) < 4.78 is 13.4. The fourth-order valence-corrected chi connectivity index (χ4v) is 3.03. The van der Waals surface area contributed by atoms with Crippen LogP contribution in [0.4, 0.5) is 4.39 Å². The van der Waals surface area contributed by atoms with Crippen LogP contribution in [-0.4, -0.2) is 7.05 Å². The van der Waals surface area contributed by atoms with Crippen molar-refractivity contribution < 1.29 is 4.39 Å². The smallest absolute Gasteiger partial charge is 0.123 e. The highest BCUT2D eigenvalue weighted by atomic mass is 32.1. The average molecular weight is 249 g/mol. The molecule has 0 aliphatic rings. The first-order chi connectivity index (χ1) is 8.10. The molecule has 1 aromatic heterocycles. The van der Waals surface area contributed by atoms with Crippen LogP contribution in [0.25, 0.3) is 0 Å². The second-order valence-corrected chi connectivity index (χ2v) is 5.55. The van der Waals surface area contributed by atoms with Gasteiger partial charge in [-0.05, 0) is 56.3 Å². The molecule has 0 saturated heterocycles. The lowest BCUT2D eigenvalue weighted by molar-refractivity contribution is 0.616. The van der Waals surface area contributed by atoms with Crippen molar-refractivity contribution >= 4 is 11.3 Å². The lowest BCUT2D eigenvalue weighted by Crippen LogP contribution is -2.16. The van der Waals surface area contributed by atoms with E-state index in [-0.39, 0.29) is 11.9 Å². The molecular formula is C14H16FNS. The van der Waals surface area contributed by atoms with E-state index in [1.54, 1.807) is 23.5 Å². The Balaban J connectivity index is 2.41. The summed E-state index contributed by atoms with van der Waals surface area (Å²) >= 11 is 1.74. The van der Waals surface area contributed by atoms with Gasteiger partial charge in [-0.25, -0.2) is 4.39 Å².